The third-order valence-electron chi connectivity index (χ3n) is 3.10. The van der Waals surface area contributed by atoms with Crippen molar-refractivity contribution >= 4 is 0 Å². The van der Waals surface area contributed by atoms with E-state index in [9.17, 15) is 5.11 Å². The van der Waals surface area contributed by atoms with Gasteiger partial charge in [0.25, 0.3) is 0 Å². The summed E-state index contributed by atoms with van der Waals surface area (Å²) >= 11 is 0. The first kappa shape index (κ1) is 11.2. The van der Waals surface area contributed by atoms with Crippen LogP contribution in [0.25, 0.3) is 0 Å². The normalized spacial score (nSPS) is 18.2. The van der Waals surface area contributed by atoms with Crippen LogP contribution in [0.3, 0.4) is 0 Å². The summed E-state index contributed by atoms with van der Waals surface area (Å²) in [6.45, 7) is 6.56. The lowest BCUT2D eigenvalue weighted by atomic mass is 10.1. The van der Waals surface area contributed by atoms with Gasteiger partial charge in [0.1, 0.15) is 12.4 Å². The fourth-order valence-electron chi connectivity index (χ4n) is 1.95. The molecule has 2 nitrogen and oxygen atoms in total. The van der Waals surface area contributed by atoms with Crippen molar-refractivity contribution in [2.75, 3.05) is 6.61 Å². The Morgan fingerprint density at radius 1 is 1.56 bits per heavy atom. The highest BCUT2D eigenvalue weighted by Crippen LogP contribution is 2.33. The van der Waals surface area contributed by atoms with Gasteiger partial charge < -0.3 is 9.84 Å². The van der Waals surface area contributed by atoms with Crippen LogP contribution in [0.1, 0.15) is 37.0 Å². The van der Waals surface area contributed by atoms with Crippen molar-refractivity contribution < 1.29 is 9.84 Å². The van der Waals surface area contributed by atoms with Gasteiger partial charge >= 0.3 is 0 Å². The van der Waals surface area contributed by atoms with Gasteiger partial charge in [-0.25, -0.2) is 0 Å². The van der Waals surface area contributed by atoms with E-state index in [-0.39, 0.29) is 6.10 Å². The van der Waals surface area contributed by atoms with Crippen LogP contribution in [0.15, 0.2) is 30.4 Å². The second-order valence-electron chi connectivity index (χ2n) is 4.31. The summed E-state index contributed by atoms with van der Waals surface area (Å²) < 4.78 is 5.64. The van der Waals surface area contributed by atoms with Crippen molar-refractivity contribution in [2.24, 2.45) is 0 Å². The molecular formula is C14H18O2. The molecule has 2 rings (SSSR count). The van der Waals surface area contributed by atoms with Crippen molar-refractivity contribution in [3.8, 4) is 5.75 Å². The average Bonchev–Trinajstić information content (AvgIpc) is 2.67. The maximum atomic E-state index is 9.67. The number of benzene rings is 1. The van der Waals surface area contributed by atoms with E-state index in [1.807, 2.05) is 18.2 Å². The summed E-state index contributed by atoms with van der Waals surface area (Å²) in [4.78, 5) is 0. The summed E-state index contributed by atoms with van der Waals surface area (Å²) in [6, 6.07) is 5.93. The van der Waals surface area contributed by atoms with E-state index in [0.29, 0.717) is 6.61 Å². The fraction of sp³-hybridized carbons (Fsp3) is 0.429. The Hall–Kier alpha value is -1.28. The first-order chi connectivity index (χ1) is 7.70. The quantitative estimate of drug-likeness (QED) is 0.787. The summed E-state index contributed by atoms with van der Waals surface area (Å²) in [6.07, 6.45) is 2.45. The summed E-state index contributed by atoms with van der Waals surface area (Å²) in [5.74, 6) is 0.877. The van der Waals surface area contributed by atoms with Crippen LogP contribution in [-0.4, -0.2) is 11.7 Å². The van der Waals surface area contributed by atoms with Gasteiger partial charge in [-0.3, -0.25) is 0 Å². The van der Waals surface area contributed by atoms with E-state index >= 15 is 0 Å². The van der Waals surface area contributed by atoms with Gasteiger partial charge in [-0.15, -0.1) is 0 Å². The van der Waals surface area contributed by atoms with Crippen LogP contribution in [0.2, 0.25) is 0 Å². The Kier molecular flexibility index (Phi) is 3.30. The molecule has 0 radical (unpaired) electrons. The van der Waals surface area contributed by atoms with E-state index in [0.717, 1.165) is 36.1 Å². The van der Waals surface area contributed by atoms with Gasteiger partial charge in [0, 0.05) is 0 Å². The van der Waals surface area contributed by atoms with Gasteiger partial charge in [-0.05, 0) is 48.1 Å². The number of rotatable bonds is 4. The largest absolute Gasteiger partial charge is 0.489 e. The Balaban J connectivity index is 2.05. The highest BCUT2D eigenvalue weighted by molar-refractivity contribution is 5.39. The minimum atomic E-state index is -0.283. The Bertz CT molecular complexity index is 396. The highest BCUT2D eigenvalue weighted by atomic mass is 16.5. The van der Waals surface area contributed by atoms with E-state index in [1.54, 1.807) is 0 Å². The van der Waals surface area contributed by atoms with Crippen LogP contribution >= 0.6 is 0 Å². The zero-order chi connectivity index (χ0) is 11.5. The maximum absolute atomic E-state index is 9.67. The molecule has 1 aromatic carbocycles. The van der Waals surface area contributed by atoms with Gasteiger partial charge in [-0.1, -0.05) is 19.6 Å². The molecule has 0 saturated heterocycles. The third kappa shape index (κ3) is 2.27. The zero-order valence-electron chi connectivity index (χ0n) is 9.70. The lowest BCUT2D eigenvalue weighted by molar-refractivity contribution is 0.180. The number of fused-ring (bicyclic) bond motifs is 1. The number of aliphatic hydroxyl groups is 1. The van der Waals surface area contributed by atoms with Crippen molar-refractivity contribution in [3.63, 3.8) is 0 Å². The average molecular weight is 218 g/mol. The molecule has 0 aliphatic heterocycles. The van der Waals surface area contributed by atoms with E-state index < -0.39 is 0 Å². The Labute approximate surface area is 96.6 Å². The zero-order valence-corrected chi connectivity index (χ0v) is 9.70. The van der Waals surface area contributed by atoms with Gasteiger partial charge in [-0.2, -0.15) is 0 Å². The van der Waals surface area contributed by atoms with Crippen LogP contribution in [-0.2, 0) is 6.42 Å². The lowest BCUT2D eigenvalue weighted by Gasteiger charge is -2.09. The molecule has 0 bridgehead atoms. The van der Waals surface area contributed by atoms with E-state index in [2.05, 4.69) is 13.5 Å². The molecular weight excluding hydrogens is 200 g/mol. The van der Waals surface area contributed by atoms with Gasteiger partial charge in [0.15, 0.2) is 0 Å². The molecule has 1 aliphatic carbocycles. The number of aryl methyl sites for hydroxylation is 1. The molecule has 1 unspecified atom stereocenters. The molecule has 0 saturated carbocycles. The molecule has 0 spiro atoms. The monoisotopic (exact) mass is 218 g/mol. The van der Waals surface area contributed by atoms with Crippen LogP contribution in [0.5, 0.6) is 5.75 Å². The SMILES string of the molecule is C=C(CC)COc1ccc2c(c1)CCC2O. The summed E-state index contributed by atoms with van der Waals surface area (Å²) in [5.41, 5.74) is 3.37. The van der Waals surface area contributed by atoms with Crippen molar-refractivity contribution in [3.05, 3.63) is 41.5 Å². The molecule has 86 valence electrons. The summed E-state index contributed by atoms with van der Waals surface area (Å²) in [5, 5.41) is 9.67. The number of hydrogen-bond donors (Lipinski definition) is 1. The highest BCUT2D eigenvalue weighted by Gasteiger charge is 2.20. The predicted octanol–water partition coefficient (Wildman–Crippen LogP) is 3.01. The maximum Gasteiger partial charge on any atom is 0.120 e. The molecule has 0 heterocycles. The first-order valence-electron chi connectivity index (χ1n) is 5.81. The molecule has 1 aromatic rings. The number of ether oxygens (including phenoxy) is 1. The van der Waals surface area contributed by atoms with Crippen molar-refractivity contribution in [1.82, 2.24) is 0 Å². The van der Waals surface area contributed by atoms with Crippen LogP contribution < -0.4 is 4.74 Å². The van der Waals surface area contributed by atoms with Crippen LogP contribution in [0, 0.1) is 0 Å². The molecule has 1 N–H and O–H groups in total. The predicted molar refractivity (Wildman–Crippen MR) is 64.6 cm³/mol. The van der Waals surface area contributed by atoms with E-state index in [1.165, 1.54) is 5.56 Å². The number of hydrogen-bond acceptors (Lipinski definition) is 2. The second kappa shape index (κ2) is 4.71. The van der Waals surface area contributed by atoms with Crippen molar-refractivity contribution in [2.45, 2.75) is 32.3 Å². The topological polar surface area (TPSA) is 29.5 Å². The Morgan fingerprint density at radius 3 is 3.12 bits per heavy atom. The molecule has 0 amide bonds. The Morgan fingerprint density at radius 2 is 2.38 bits per heavy atom. The smallest absolute Gasteiger partial charge is 0.120 e. The summed E-state index contributed by atoms with van der Waals surface area (Å²) in [7, 11) is 0. The van der Waals surface area contributed by atoms with E-state index in [4.69, 9.17) is 4.74 Å². The van der Waals surface area contributed by atoms with Gasteiger partial charge in [0.2, 0.25) is 0 Å². The minimum Gasteiger partial charge on any atom is -0.489 e. The molecule has 1 aliphatic rings. The van der Waals surface area contributed by atoms with Gasteiger partial charge in [0.05, 0.1) is 6.10 Å². The second-order valence-corrected chi connectivity index (χ2v) is 4.31. The van der Waals surface area contributed by atoms with Crippen LogP contribution in [0.4, 0.5) is 0 Å². The molecule has 0 fully saturated rings. The first-order valence-corrected chi connectivity index (χ1v) is 5.81. The number of aliphatic hydroxyl groups excluding tert-OH is 1. The molecule has 2 heteroatoms. The third-order valence-corrected chi connectivity index (χ3v) is 3.10. The fourth-order valence-corrected chi connectivity index (χ4v) is 1.95. The molecule has 1 atom stereocenters. The minimum absolute atomic E-state index is 0.283. The molecule has 0 aromatic heterocycles. The lowest BCUT2D eigenvalue weighted by Crippen LogP contribution is -2.00. The van der Waals surface area contributed by atoms with Crippen molar-refractivity contribution in [1.29, 1.82) is 0 Å². The standard InChI is InChI=1S/C14H18O2/c1-3-10(2)9-16-12-5-6-13-11(8-12)4-7-14(13)15/h5-6,8,14-15H,2-4,7,9H2,1H3. The molecule has 16 heavy (non-hydrogen) atoms.